The number of hydrogen-bond acceptors (Lipinski definition) is 6. The lowest BCUT2D eigenvalue weighted by Crippen LogP contribution is -2.07. The largest absolute Gasteiger partial charge is 0.382 e. The van der Waals surface area contributed by atoms with Crippen LogP contribution in [-0.4, -0.2) is 17.0 Å². The number of carbonyl (C=O) groups is 1. The Hall–Kier alpha value is -2.45. The van der Waals surface area contributed by atoms with Crippen LogP contribution in [0, 0.1) is 11.6 Å². The van der Waals surface area contributed by atoms with Crippen LogP contribution in [0.25, 0.3) is 0 Å². The summed E-state index contributed by atoms with van der Waals surface area (Å²) < 4.78 is 27.6. The van der Waals surface area contributed by atoms with Gasteiger partial charge in [0.05, 0.1) is 5.56 Å². The van der Waals surface area contributed by atoms with Gasteiger partial charge >= 0.3 is 0 Å². The van der Waals surface area contributed by atoms with Gasteiger partial charge in [-0.05, 0) is 42.7 Å². The molecule has 0 aliphatic heterocycles. The molecule has 1 aromatic heterocycles. The van der Waals surface area contributed by atoms with Crippen LogP contribution in [0.1, 0.15) is 15.2 Å². The molecule has 1 heterocycles. The van der Waals surface area contributed by atoms with Crippen molar-refractivity contribution in [3.63, 3.8) is 0 Å². The van der Waals surface area contributed by atoms with Crippen LogP contribution in [0.5, 0.6) is 0 Å². The van der Waals surface area contributed by atoms with Crippen molar-refractivity contribution < 1.29 is 13.6 Å². The highest BCUT2D eigenvalue weighted by atomic mass is 32.2. The normalized spacial score (nSPS) is 10.7. The standard InChI is InChI=1S/C17H13F2N3OS2/c1-24-10-7-5-9(6-8-10)21-17-22-16(20)15(25-17)14(23)13-11(18)3-2-4-12(13)19/h2-8H,20H2,1H3,(H,21,22). The smallest absolute Gasteiger partial charge is 0.212 e. The van der Waals surface area contributed by atoms with E-state index in [2.05, 4.69) is 10.3 Å². The van der Waals surface area contributed by atoms with Crippen molar-refractivity contribution in [1.82, 2.24) is 4.98 Å². The molecule has 0 radical (unpaired) electrons. The summed E-state index contributed by atoms with van der Waals surface area (Å²) in [6.07, 6.45) is 1.98. The van der Waals surface area contributed by atoms with E-state index in [9.17, 15) is 13.6 Å². The van der Waals surface area contributed by atoms with E-state index in [1.54, 1.807) is 11.8 Å². The number of thioether (sulfide) groups is 1. The Morgan fingerprint density at radius 3 is 2.40 bits per heavy atom. The highest BCUT2D eigenvalue weighted by Crippen LogP contribution is 2.31. The molecule has 0 aliphatic carbocycles. The van der Waals surface area contributed by atoms with Crippen molar-refractivity contribution in [2.24, 2.45) is 0 Å². The third kappa shape index (κ3) is 3.64. The minimum absolute atomic E-state index is 0.00719. The lowest BCUT2D eigenvalue weighted by Gasteiger charge is -2.03. The zero-order valence-corrected chi connectivity index (χ0v) is 14.7. The monoisotopic (exact) mass is 377 g/mol. The molecule has 4 nitrogen and oxygen atoms in total. The number of benzene rings is 2. The maximum absolute atomic E-state index is 13.8. The lowest BCUT2D eigenvalue weighted by molar-refractivity contribution is 0.103. The first-order valence-electron chi connectivity index (χ1n) is 7.15. The Kier molecular flexibility index (Phi) is 5.00. The van der Waals surface area contributed by atoms with Gasteiger partial charge in [0.25, 0.3) is 0 Å². The first-order chi connectivity index (χ1) is 12.0. The molecule has 25 heavy (non-hydrogen) atoms. The zero-order chi connectivity index (χ0) is 18.0. The van der Waals surface area contributed by atoms with Crippen molar-refractivity contribution in [1.29, 1.82) is 0 Å². The minimum Gasteiger partial charge on any atom is -0.382 e. The summed E-state index contributed by atoms with van der Waals surface area (Å²) in [4.78, 5) is 17.6. The maximum Gasteiger partial charge on any atom is 0.212 e. The first-order valence-corrected chi connectivity index (χ1v) is 9.20. The van der Waals surface area contributed by atoms with E-state index in [1.165, 1.54) is 6.07 Å². The number of nitrogens with zero attached hydrogens (tertiary/aromatic N) is 1. The van der Waals surface area contributed by atoms with E-state index in [4.69, 9.17) is 5.73 Å². The summed E-state index contributed by atoms with van der Waals surface area (Å²) >= 11 is 2.57. The minimum atomic E-state index is -0.931. The van der Waals surface area contributed by atoms with Crippen LogP contribution in [-0.2, 0) is 0 Å². The molecule has 0 atom stereocenters. The summed E-state index contributed by atoms with van der Waals surface area (Å²) in [7, 11) is 0. The van der Waals surface area contributed by atoms with Crippen molar-refractivity contribution in [3.8, 4) is 0 Å². The Balaban J connectivity index is 1.88. The second kappa shape index (κ2) is 7.20. The topological polar surface area (TPSA) is 68.0 Å². The molecule has 0 aliphatic rings. The van der Waals surface area contributed by atoms with E-state index in [-0.39, 0.29) is 10.7 Å². The van der Waals surface area contributed by atoms with E-state index in [1.807, 2.05) is 30.5 Å². The quantitative estimate of drug-likeness (QED) is 0.498. The number of aromatic nitrogens is 1. The highest BCUT2D eigenvalue weighted by Gasteiger charge is 2.24. The van der Waals surface area contributed by atoms with Crippen molar-refractivity contribution in [2.45, 2.75) is 4.90 Å². The lowest BCUT2D eigenvalue weighted by atomic mass is 10.1. The number of hydrogen-bond donors (Lipinski definition) is 2. The molecule has 0 saturated heterocycles. The van der Waals surface area contributed by atoms with Crippen LogP contribution >= 0.6 is 23.1 Å². The van der Waals surface area contributed by atoms with Crippen LogP contribution in [0.4, 0.5) is 25.4 Å². The SMILES string of the molecule is CSc1ccc(Nc2nc(N)c(C(=O)c3c(F)cccc3F)s2)cc1. The molecule has 3 rings (SSSR count). The fourth-order valence-electron chi connectivity index (χ4n) is 2.17. The molecule has 2 aromatic carbocycles. The number of nitrogens with two attached hydrogens (primary N) is 1. The molecule has 3 N–H and O–H groups in total. The van der Waals surface area contributed by atoms with Gasteiger partial charge in [-0.2, -0.15) is 0 Å². The molecule has 128 valence electrons. The van der Waals surface area contributed by atoms with Crippen molar-refractivity contribution >= 4 is 45.5 Å². The third-order valence-corrected chi connectivity index (χ3v) is 5.12. The number of carbonyl (C=O) groups excluding carboxylic acids is 1. The van der Waals surface area contributed by atoms with Gasteiger partial charge in [-0.25, -0.2) is 13.8 Å². The number of halogens is 2. The van der Waals surface area contributed by atoms with E-state index in [0.29, 0.717) is 5.13 Å². The number of nitrogen functional groups attached to an aromatic ring is 1. The van der Waals surface area contributed by atoms with E-state index >= 15 is 0 Å². The van der Waals surface area contributed by atoms with E-state index in [0.717, 1.165) is 34.1 Å². The van der Waals surface area contributed by atoms with Gasteiger partial charge < -0.3 is 11.1 Å². The number of rotatable bonds is 5. The van der Waals surface area contributed by atoms with Crippen LogP contribution < -0.4 is 11.1 Å². The number of nitrogens with one attached hydrogen (secondary N) is 1. The third-order valence-electron chi connectivity index (χ3n) is 3.39. The summed E-state index contributed by atoms with van der Waals surface area (Å²) in [6.45, 7) is 0. The molecular weight excluding hydrogens is 364 g/mol. The fourth-order valence-corrected chi connectivity index (χ4v) is 3.43. The van der Waals surface area contributed by atoms with E-state index < -0.39 is 23.0 Å². The van der Waals surface area contributed by atoms with Gasteiger partial charge in [-0.1, -0.05) is 17.4 Å². The Bertz CT molecular complexity index is 906. The Morgan fingerprint density at radius 1 is 1.16 bits per heavy atom. The molecule has 0 spiro atoms. The molecule has 0 bridgehead atoms. The van der Waals surface area contributed by atoms with Gasteiger partial charge in [0.15, 0.2) is 5.13 Å². The van der Waals surface area contributed by atoms with Gasteiger partial charge in [-0.3, -0.25) is 4.79 Å². The van der Waals surface area contributed by atoms with Crippen LogP contribution in [0.15, 0.2) is 47.4 Å². The molecule has 3 aromatic rings. The predicted molar refractivity (Wildman–Crippen MR) is 97.8 cm³/mol. The van der Waals surface area contributed by atoms with Crippen LogP contribution in [0.2, 0.25) is 0 Å². The summed E-state index contributed by atoms with van der Waals surface area (Å²) in [5.74, 6) is -2.75. The van der Waals surface area contributed by atoms with Crippen LogP contribution in [0.3, 0.4) is 0 Å². The molecule has 0 amide bonds. The van der Waals surface area contributed by atoms with Gasteiger partial charge in [-0.15, -0.1) is 11.8 Å². The Labute approximate surface area is 151 Å². The van der Waals surface area contributed by atoms with Crippen molar-refractivity contribution in [2.75, 3.05) is 17.3 Å². The summed E-state index contributed by atoms with van der Waals surface area (Å²) in [6, 6.07) is 10.8. The Morgan fingerprint density at radius 2 is 1.80 bits per heavy atom. The molecule has 0 fully saturated rings. The average molecular weight is 377 g/mol. The number of anilines is 3. The second-order valence-electron chi connectivity index (χ2n) is 5.01. The molecule has 0 unspecified atom stereocenters. The predicted octanol–water partition coefficient (Wildman–Crippen LogP) is 4.70. The highest BCUT2D eigenvalue weighted by molar-refractivity contribution is 7.98. The number of thiazole rings is 1. The van der Waals surface area contributed by atoms with Crippen molar-refractivity contribution in [3.05, 3.63) is 64.5 Å². The summed E-state index contributed by atoms with van der Waals surface area (Å²) in [5.41, 5.74) is 5.90. The van der Waals surface area contributed by atoms with Gasteiger partial charge in [0.2, 0.25) is 5.78 Å². The molecule has 8 heteroatoms. The first kappa shape index (κ1) is 17.4. The maximum atomic E-state index is 13.8. The average Bonchev–Trinajstić information content (AvgIpc) is 2.95. The molecule has 0 saturated carbocycles. The number of ketones is 1. The zero-order valence-electron chi connectivity index (χ0n) is 13.0. The second-order valence-corrected chi connectivity index (χ2v) is 6.89. The fraction of sp³-hybridized carbons (Fsp3) is 0.0588. The van der Waals surface area contributed by atoms with Gasteiger partial charge in [0.1, 0.15) is 22.3 Å². The summed E-state index contributed by atoms with van der Waals surface area (Å²) in [5, 5.41) is 3.40. The van der Waals surface area contributed by atoms with Gasteiger partial charge in [0, 0.05) is 10.6 Å². The molecular formula is C17H13F2N3OS2.